The number of sulfone groups is 1. The van der Waals surface area contributed by atoms with Crippen LogP contribution in [0, 0.1) is 0 Å². The molecule has 0 aliphatic rings. The highest BCUT2D eigenvalue weighted by atomic mass is 32.2. The number of hydrogen-bond acceptors (Lipinski definition) is 6. The van der Waals surface area contributed by atoms with Gasteiger partial charge in [0.1, 0.15) is 12.4 Å². The first-order chi connectivity index (χ1) is 9.48. The Balaban J connectivity index is 2.45. The number of benzene rings is 1. The fourth-order valence-corrected chi connectivity index (χ4v) is 2.55. The van der Waals surface area contributed by atoms with Gasteiger partial charge in [0.05, 0.1) is 25.0 Å². The standard InChI is InChI=1S/C13H19NO5S/c1-18-13(15)6-8-20(16,17)9-7-19-12-5-3-2-4-11(12)10-14/h2-5H,6-10,14H2,1H3. The molecular formula is C13H19NO5S. The highest BCUT2D eigenvalue weighted by molar-refractivity contribution is 7.91. The molecule has 0 saturated heterocycles. The molecule has 0 radical (unpaired) electrons. The maximum atomic E-state index is 11.7. The van der Waals surface area contributed by atoms with Gasteiger partial charge in [0.2, 0.25) is 0 Å². The normalized spacial score (nSPS) is 11.1. The second kappa shape index (κ2) is 7.86. The number of methoxy groups -OCH3 is 1. The Bertz CT molecular complexity index is 541. The second-order valence-corrected chi connectivity index (χ2v) is 6.44. The van der Waals surface area contributed by atoms with Gasteiger partial charge in [0, 0.05) is 12.1 Å². The van der Waals surface area contributed by atoms with Crippen LogP contribution in [-0.2, 0) is 25.9 Å². The van der Waals surface area contributed by atoms with Crippen LogP contribution in [-0.4, -0.2) is 39.6 Å². The van der Waals surface area contributed by atoms with E-state index < -0.39 is 15.8 Å². The van der Waals surface area contributed by atoms with Gasteiger partial charge in [-0.2, -0.15) is 0 Å². The van der Waals surface area contributed by atoms with Crippen LogP contribution in [0.25, 0.3) is 0 Å². The highest BCUT2D eigenvalue weighted by Gasteiger charge is 2.14. The van der Waals surface area contributed by atoms with Crippen LogP contribution in [0.15, 0.2) is 24.3 Å². The molecule has 2 N–H and O–H groups in total. The van der Waals surface area contributed by atoms with Crippen LogP contribution in [0.1, 0.15) is 12.0 Å². The molecule has 1 aromatic rings. The summed E-state index contributed by atoms with van der Waals surface area (Å²) in [4.78, 5) is 10.9. The second-order valence-electron chi connectivity index (χ2n) is 4.14. The summed E-state index contributed by atoms with van der Waals surface area (Å²) in [5.74, 6) is -0.342. The zero-order valence-corrected chi connectivity index (χ0v) is 12.2. The fraction of sp³-hybridized carbons (Fsp3) is 0.462. The molecule has 7 heteroatoms. The van der Waals surface area contributed by atoms with Gasteiger partial charge in [-0.1, -0.05) is 18.2 Å². The van der Waals surface area contributed by atoms with Gasteiger partial charge < -0.3 is 15.2 Å². The first-order valence-corrected chi connectivity index (χ1v) is 7.98. The predicted octanol–water partition coefficient (Wildman–Crippen LogP) is 0.502. The van der Waals surface area contributed by atoms with Gasteiger partial charge in [-0.25, -0.2) is 8.42 Å². The fourth-order valence-electron chi connectivity index (χ4n) is 1.53. The first-order valence-electron chi connectivity index (χ1n) is 6.16. The summed E-state index contributed by atoms with van der Waals surface area (Å²) < 4.78 is 33.2. The molecule has 0 bridgehead atoms. The Kier molecular flexibility index (Phi) is 6.47. The van der Waals surface area contributed by atoms with Crippen LogP contribution in [0.2, 0.25) is 0 Å². The Morgan fingerprint density at radius 2 is 1.95 bits per heavy atom. The van der Waals surface area contributed by atoms with Crippen molar-refractivity contribution in [3.05, 3.63) is 29.8 Å². The lowest BCUT2D eigenvalue weighted by Gasteiger charge is -2.10. The zero-order valence-electron chi connectivity index (χ0n) is 11.4. The molecule has 0 atom stereocenters. The quantitative estimate of drug-likeness (QED) is 0.703. The minimum atomic E-state index is -3.33. The molecule has 0 aliphatic carbocycles. The minimum absolute atomic E-state index is 0.0283. The van der Waals surface area contributed by atoms with E-state index in [4.69, 9.17) is 10.5 Å². The van der Waals surface area contributed by atoms with E-state index in [1.54, 1.807) is 12.1 Å². The van der Waals surface area contributed by atoms with E-state index in [2.05, 4.69) is 4.74 Å². The van der Waals surface area contributed by atoms with Crippen LogP contribution >= 0.6 is 0 Å². The average molecular weight is 301 g/mol. The van der Waals surface area contributed by atoms with Crippen LogP contribution in [0.4, 0.5) is 0 Å². The van der Waals surface area contributed by atoms with Crippen molar-refractivity contribution in [1.82, 2.24) is 0 Å². The van der Waals surface area contributed by atoms with E-state index in [0.29, 0.717) is 12.3 Å². The van der Waals surface area contributed by atoms with Gasteiger partial charge in [0.25, 0.3) is 0 Å². The topological polar surface area (TPSA) is 95.7 Å². The number of carbonyl (C=O) groups is 1. The molecule has 0 fully saturated rings. The number of nitrogens with two attached hydrogens (primary N) is 1. The first kappa shape index (κ1) is 16.5. The predicted molar refractivity (Wildman–Crippen MR) is 75.1 cm³/mol. The van der Waals surface area contributed by atoms with Crippen molar-refractivity contribution in [3.8, 4) is 5.75 Å². The molecule has 0 amide bonds. The minimum Gasteiger partial charge on any atom is -0.492 e. The van der Waals surface area contributed by atoms with E-state index in [1.165, 1.54) is 7.11 Å². The van der Waals surface area contributed by atoms with E-state index >= 15 is 0 Å². The van der Waals surface area contributed by atoms with E-state index in [1.807, 2.05) is 12.1 Å². The van der Waals surface area contributed by atoms with Crippen molar-refractivity contribution in [3.63, 3.8) is 0 Å². The Labute approximate surface area is 118 Å². The highest BCUT2D eigenvalue weighted by Crippen LogP contribution is 2.16. The maximum Gasteiger partial charge on any atom is 0.306 e. The van der Waals surface area contributed by atoms with Gasteiger partial charge >= 0.3 is 5.97 Å². The van der Waals surface area contributed by atoms with Crippen LogP contribution in [0.5, 0.6) is 5.75 Å². The number of para-hydroxylation sites is 1. The van der Waals surface area contributed by atoms with Crippen LogP contribution < -0.4 is 10.5 Å². The lowest BCUT2D eigenvalue weighted by molar-refractivity contribution is -0.140. The average Bonchev–Trinajstić information content (AvgIpc) is 2.45. The largest absolute Gasteiger partial charge is 0.492 e. The van der Waals surface area contributed by atoms with E-state index in [0.717, 1.165) is 5.56 Å². The third-order valence-corrected chi connectivity index (χ3v) is 4.30. The molecule has 1 aromatic carbocycles. The summed E-state index contributed by atoms with van der Waals surface area (Å²) in [5.41, 5.74) is 6.37. The molecule has 0 aliphatic heterocycles. The smallest absolute Gasteiger partial charge is 0.306 e. The van der Waals surface area contributed by atoms with Crippen molar-refractivity contribution in [1.29, 1.82) is 0 Å². The Morgan fingerprint density at radius 3 is 2.60 bits per heavy atom. The molecular weight excluding hydrogens is 282 g/mol. The van der Waals surface area contributed by atoms with Crippen LogP contribution in [0.3, 0.4) is 0 Å². The summed E-state index contributed by atoms with van der Waals surface area (Å²) in [5, 5.41) is 0. The SMILES string of the molecule is COC(=O)CCS(=O)(=O)CCOc1ccccc1CN. The molecule has 20 heavy (non-hydrogen) atoms. The summed E-state index contributed by atoms with van der Waals surface area (Å²) >= 11 is 0. The van der Waals surface area contributed by atoms with Crippen molar-refractivity contribution in [2.45, 2.75) is 13.0 Å². The van der Waals surface area contributed by atoms with Crippen molar-refractivity contribution >= 4 is 15.8 Å². The summed E-state index contributed by atoms with van der Waals surface area (Å²) in [6.07, 6.45) is -0.141. The monoisotopic (exact) mass is 301 g/mol. The molecule has 112 valence electrons. The van der Waals surface area contributed by atoms with Crippen molar-refractivity contribution in [2.24, 2.45) is 5.73 Å². The van der Waals surface area contributed by atoms with Crippen molar-refractivity contribution in [2.75, 3.05) is 25.2 Å². The number of hydrogen-bond donors (Lipinski definition) is 1. The summed E-state index contributed by atoms with van der Waals surface area (Å²) in [6, 6.07) is 7.19. The van der Waals surface area contributed by atoms with Gasteiger partial charge in [-0.05, 0) is 6.07 Å². The summed E-state index contributed by atoms with van der Waals surface area (Å²) in [6.45, 7) is 0.353. The molecule has 1 rings (SSSR count). The van der Waals surface area contributed by atoms with E-state index in [9.17, 15) is 13.2 Å². The number of rotatable bonds is 8. The lowest BCUT2D eigenvalue weighted by atomic mass is 10.2. The summed E-state index contributed by atoms with van der Waals surface area (Å²) in [7, 11) is -2.11. The molecule has 0 saturated carbocycles. The third-order valence-electron chi connectivity index (χ3n) is 2.69. The number of carbonyl (C=O) groups excluding carboxylic acids is 1. The van der Waals surface area contributed by atoms with Gasteiger partial charge in [0.15, 0.2) is 9.84 Å². The zero-order chi connectivity index (χ0) is 15.0. The van der Waals surface area contributed by atoms with Gasteiger partial charge in [-0.3, -0.25) is 4.79 Å². The Hall–Kier alpha value is -1.60. The maximum absolute atomic E-state index is 11.7. The van der Waals surface area contributed by atoms with Crippen molar-refractivity contribution < 1.29 is 22.7 Å². The molecule has 0 unspecified atom stereocenters. The molecule has 0 aromatic heterocycles. The number of ether oxygens (including phenoxy) is 2. The Morgan fingerprint density at radius 1 is 1.25 bits per heavy atom. The molecule has 0 heterocycles. The molecule has 6 nitrogen and oxygen atoms in total. The lowest BCUT2D eigenvalue weighted by Crippen LogP contribution is -2.19. The number of esters is 1. The molecule has 0 spiro atoms. The van der Waals surface area contributed by atoms with Gasteiger partial charge in [-0.15, -0.1) is 0 Å². The van der Waals surface area contributed by atoms with E-state index in [-0.39, 0.29) is 24.5 Å². The third kappa shape index (κ3) is 5.58.